The van der Waals surface area contributed by atoms with Gasteiger partial charge in [-0.1, -0.05) is 75.4 Å². The molecule has 1 aliphatic rings. The maximum absolute atomic E-state index is 6.36. The third-order valence-corrected chi connectivity index (χ3v) is 5.06. The molecule has 2 aromatic carbocycles. The van der Waals surface area contributed by atoms with Crippen LogP contribution in [0.2, 0.25) is 0 Å². The summed E-state index contributed by atoms with van der Waals surface area (Å²) in [7, 11) is 0. The smallest absolute Gasteiger partial charge is 0.0234 e. The molecule has 0 radical (unpaired) electrons. The van der Waals surface area contributed by atoms with Gasteiger partial charge in [0.15, 0.2) is 0 Å². The second-order valence-corrected chi connectivity index (χ2v) is 8.24. The Bertz CT molecular complexity index is 640. The monoisotopic (exact) mass is 322 g/mol. The number of nitrogens with zero attached hydrogens (tertiary/aromatic N) is 1. The van der Waals surface area contributed by atoms with E-state index in [2.05, 4.69) is 80.3 Å². The molecule has 2 atom stereocenters. The molecule has 0 spiro atoms. The maximum Gasteiger partial charge on any atom is 0.0234 e. The zero-order valence-electron chi connectivity index (χ0n) is 15.2. The Morgan fingerprint density at radius 3 is 2.25 bits per heavy atom. The molecule has 1 saturated heterocycles. The van der Waals surface area contributed by atoms with Crippen LogP contribution < -0.4 is 5.73 Å². The predicted octanol–water partition coefficient (Wildman–Crippen LogP) is 4.30. The Labute approximate surface area is 146 Å². The molecular weight excluding hydrogens is 292 g/mol. The topological polar surface area (TPSA) is 29.3 Å². The summed E-state index contributed by atoms with van der Waals surface area (Å²) in [6, 6.07) is 20.2. The van der Waals surface area contributed by atoms with E-state index in [0.29, 0.717) is 5.92 Å². The van der Waals surface area contributed by atoms with Crippen LogP contribution in [0, 0.1) is 0 Å². The van der Waals surface area contributed by atoms with E-state index < -0.39 is 0 Å². The number of hydrogen-bond acceptors (Lipinski definition) is 2. The molecule has 2 nitrogen and oxygen atoms in total. The van der Waals surface area contributed by atoms with Gasteiger partial charge in [0, 0.05) is 25.7 Å². The van der Waals surface area contributed by atoms with Gasteiger partial charge in [-0.2, -0.15) is 0 Å². The van der Waals surface area contributed by atoms with Crippen molar-refractivity contribution in [2.45, 2.75) is 51.1 Å². The number of hydrogen-bond donors (Lipinski definition) is 1. The van der Waals surface area contributed by atoms with Crippen LogP contribution in [0.4, 0.5) is 0 Å². The highest BCUT2D eigenvalue weighted by Gasteiger charge is 2.26. The fourth-order valence-electron chi connectivity index (χ4n) is 3.70. The first-order valence-corrected chi connectivity index (χ1v) is 9.04. The van der Waals surface area contributed by atoms with Crippen LogP contribution in [0.15, 0.2) is 54.6 Å². The summed E-state index contributed by atoms with van der Waals surface area (Å²) in [5.41, 5.74) is 10.8. The van der Waals surface area contributed by atoms with E-state index in [1.165, 1.54) is 16.7 Å². The largest absolute Gasteiger partial charge is 0.327 e. The minimum absolute atomic E-state index is 0.209. The molecule has 1 aliphatic heterocycles. The van der Waals surface area contributed by atoms with Crippen molar-refractivity contribution in [2.24, 2.45) is 5.73 Å². The van der Waals surface area contributed by atoms with E-state index in [1.807, 2.05) is 0 Å². The van der Waals surface area contributed by atoms with E-state index in [9.17, 15) is 0 Å². The molecule has 0 aliphatic carbocycles. The van der Waals surface area contributed by atoms with Gasteiger partial charge >= 0.3 is 0 Å². The van der Waals surface area contributed by atoms with Gasteiger partial charge in [-0.25, -0.2) is 0 Å². The third-order valence-electron chi connectivity index (χ3n) is 5.06. The standard InChI is InChI=1S/C22H30N2/c1-22(2,3)20-11-9-18(10-12-20)19-13-21(23)16-24(15-19)14-17-7-5-4-6-8-17/h4-12,19,21H,13-16,23H2,1-3H3. The lowest BCUT2D eigenvalue weighted by Gasteiger charge is -2.36. The van der Waals surface area contributed by atoms with Gasteiger partial charge in [-0.15, -0.1) is 0 Å². The van der Waals surface area contributed by atoms with Crippen LogP contribution in [-0.4, -0.2) is 24.0 Å². The van der Waals surface area contributed by atoms with Crippen LogP contribution in [0.25, 0.3) is 0 Å². The van der Waals surface area contributed by atoms with Gasteiger partial charge in [-0.3, -0.25) is 4.90 Å². The van der Waals surface area contributed by atoms with E-state index in [0.717, 1.165) is 26.1 Å². The lowest BCUT2D eigenvalue weighted by molar-refractivity contribution is 0.181. The van der Waals surface area contributed by atoms with Crippen LogP contribution in [0.1, 0.15) is 49.8 Å². The number of benzene rings is 2. The van der Waals surface area contributed by atoms with Crippen molar-refractivity contribution in [2.75, 3.05) is 13.1 Å². The highest BCUT2D eigenvalue weighted by molar-refractivity contribution is 5.30. The summed E-state index contributed by atoms with van der Waals surface area (Å²) in [5.74, 6) is 0.534. The fraction of sp³-hybridized carbons (Fsp3) is 0.455. The quantitative estimate of drug-likeness (QED) is 0.913. The summed E-state index contributed by atoms with van der Waals surface area (Å²) in [4.78, 5) is 2.51. The zero-order valence-corrected chi connectivity index (χ0v) is 15.2. The minimum atomic E-state index is 0.209. The molecule has 2 N–H and O–H groups in total. The van der Waals surface area contributed by atoms with Crippen molar-refractivity contribution in [3.8, 4) is 0 Å². The molecule has 0 saturated carbocycles. The maximum atomic E-state index is 6.36. The lowest BCUT2D eigenvalue weighted by atomic mass is 9.83. The lowest BCUT2D eigenvalue weighted by Crippen LogP contribution is -2.45. The van der Waals surface area contributed by atoms with Crippen LogP contribution >= 0.6 is 0 Å². The zero-order chi connectivity index (χ0) is 17.2. The molecule has 0 aromatic heterocycles. The number of nitrogens with two attached hydrogens (primary N) is 1. The Morgan fingerprint density at radius 1 is 0.958 bits per heavy atom. The van der Waals surface area contributed by atoms with Gasteiger partial charge in [0.25, 0.3) is 0 Å². The molecular formula is C22H30N2. The van der Waals surface area contributed by atoms with Gasteiger partial charge in [0.05, 0.1) is 0 Å². The van der Waals surface area contributed by atoms with Crippen LogP contribution in [0.3, 0.4) is 0 Å². The second kappa shape index (κ2) is 7.08. The Balaban J connectivity index is 1.71. The van der Waals surface area contributed by atoms with E-state index in [1.54, 1.807) is 0 Å². The number of rotatable bonds is 3. The summed E-state index contributed by atoms with van der Waals surface area (Å²) >= 11 is 0. The third kappa shape index (κ3) is 4.25. The first-order valence-electron chi connectivity index (χ1n) is 9.04. The van der Waals surface area contributed by atoms with Crippen molar-refractivity contribution in [3.05, 3.63) is 71.3 Å². The summed E-state index contributed by atoms with van der Waals surface area (Å²) in [5, 5.41) is 0. The predicted molar refractivity (Wildman–Crippen MR) is 102 cm³/mol. The fourth-order valence-corrected chi connectivity index (χ4v) is 3.70. The van der Waals surface area contributed by atoms with Crippen molar-refractivity contribution in [1.82, 2.24) is 4.90 Å². The Hall–Kier alpha value is -1.64. The summed E-state index contributed by atoms with van der Waals surface area (Å²) in [6.07, 6.45) is 1.08. The summed E-state index contributed by atoms with van der Waals surface area (Å²) < 4.78 is 0. The molecule has 3 rings (SSSR count). The number of likely N-dealkylation sites (tertiary alicyclic amines) is 1. The molecule has 0 bridgehead atoms. The van der Waals surface area contributed by atoms with Gasteiger partial charge < -0.3 is 5.73 Å². The van der Waals surface area contributed by atoms with Crippen molar-refractivity contribution in [1.29, 1.82) is 0 Å². The highest BCUT2D eigenvalue weighted by Crippen LogP contribution is 2.29. The van der Waals surface area contributed by atoms with Crippen molar-refractivity contribution >= 4 is 0 Å². The van der Waals surface area contributed by atoms with E-state index in [-0.39, 0.29) is 11.5 Å². The molecule has 2 unspecified atom stereocenters. The van der Waals surface area contributed by atoms with Crippen molar-refractivity contribution < 1.29 is 0 Å². The Kier molecular flexibility index (Phi) is 5.07. The minimum Gasteiger partial charge on any atom is -0.327 e. The molecule has 24 heavy (non-hydrogen) atoms. The Morgan fingerprint density at radius 2 is 1.62 bits per heavy atom. The summed E-state index contributed by atoms with van der Waals surface area (Å²) in [6.45, 7) is 9.87. The average Bonchev–Trinajstić information content (AvgIpc) is 2.54. The molecule has 2 heteroatoms. The second-order valence-electron chi connectivity index (χ2n) is 8.24. The van der Waals surface area contributed by atoms with Crippen LogP contribution in [-0.2, 0) is 12.0 Å². The van der Waals surface area contributed by atoms with Gasteiger partial charge in [-0.05, 0) is 34.4 Å². The first kappa shape index (κ1) is 17.2. The average molecular weight is 322 g/mol. The van der Waals surface area contributed by atoms with Crippen molar-refractivity contribution in [3.63, 3.8) is 0 Å². The highest BCUT2D eigenvalue weighted by atomic mass is 15.1. The SMILES string of the molecule is CC(C)(C)c1ccc(C2CC(N)CN(Cc3ccccc3)C2)cc1. The van der Waals surface area contributed by atoms with Gasteiger partial charge in [0.2, 0.25) is 0 Å². The molecule has 1 fully saturated rings. The molecule has 1 heterocycles. The van der Waals surface area contributed by atoms with Crippen LogP contribution in [0.5, 0.6) is 0 Å². The molecule has 0 amide bonds. The number of piperidine rings is 1. The van der Waals surface area contributed by atoms with Gasteiger partial charge in [0.1, 0.15) is 0 Å². The first-order chi connectivity index (χ1) is 11.4. The normalized spacial score (nSPS) is 22.5. The van der Waals surface area contributed by atoms with E-state index in [4.69, 9.17) is 5.73 Å². The van der Waals surface area contributed by atoms with E-state index >= 15 is 0 Å². The molecule has 2 aromatic rings. The molecule has 128 valence electrons.